The van der Waals surface area contributed by atoms with Gasteiger partial charge >= 0.3 is 0 Å². The molecule has 4 nitrogen and oxygen atoms in total. The number of hydrogen-bond donors (Lipinski definition) is 0. The Balaban J connectivity index is 2.23. The maximum atomic E-state index is 6.21. The van der Waals surface area contributed by atoms with Gasteiger partial charge in [0.1, 0.15) is 11.3 Å². The van der Waals surface area contributed by atoms with Crippen molar-refractivity contribution in [2.45, 2.75) is 45.8 Å². The lowest BCUT2D eigenvalue weighted by Crippen LogP contribution is -2.42. The van der Waals surface area contributed by atoms with Crippen molar-refractivity contribution in [2.24, 2.45) is 0 Å². The molecule has 1 aliphatic heterocycles. The van der Waals surface area contributed by atoms with Crippen LogP contribution in [0.1, 0.15) is 44.8 Å². The molecule has 0 N–H and O–H groups in total. The number of morpholine rings is 1. The van der Waals surface area contributed by atoms with Gasteiger partial charge in [0.2, 0.25) is 0 Å². The lowest BCUT2D eigenvalue weighted by molar-refractivity contribution is -0.0443. The van der Waals surface area contributed by atoms with E-state index in [-0.39, 0.29) is 6.10 Å². The first kappa shape index (κ1) is 16.1. The van der Waals surface area contributed by atoms with Crippen molar-refractivity contribution in [1.29, 1.82) is 0 Å². The van der Waals surface area contributed by atoms with Gasteiger partial charge in [-0.15, -0.1) is 0 Å². The lowest BCUT2D eigenvalue weighted by Gasteiger charge is -2.34. The zero-order valence-corrected chi connectivity index (χ0v) is 14.5. The van der Waals surface area contributed by atoms with Crippen molar-refractivity contribution < 1.29 is 4.74 Å². The fourth-order valence-electron chi connectivity index (χ4n) is 2.32. The minimum absolute atomic E-state index is 0.0904. The Morgan fingerprint density at radius 3 is 2.85 bits per heavy atom. The van der Waals surface area contributed by atoms with Crippen LogP contribution in [0.5, 0.6) is 0 Å². The molecule has 1 unspecified atom stereocenters. The molecular formula is C14H21BrClN3O. The van der Waals surface area contributed by atoms with Gasteiger partial charge in [-0.2, -0.15) is 0 Å². The molecule has 2 rings (SSSR count). The van der Waals surface area contributed by atoms with Gasteiger partial charge in [0.05, 0.1) is 16.8 Å². The minimum Gasteiger partial charge on any atom is -0.368 e. The third-order valence-corrected chi connectivity index (χ3v) is 4.83. The quantitative estimate of drug-likeness (QED) is 0.767. The van der Waals surface area contributed by atoms with E-state index in [1.807, 2.05) is 0 Å². The van der Waals surface area contributed by atoms with Crippen LogP contribution in [0.25, 0.3) is 0 Å². The molecule has 0 spiro atoms. The number of nitrogens with zero attached hydrogens (tertiary/aromatic N) is 3. The van der Waals surface area contributed by atoms with E-state index >= 15 is 0 Å². The van der Waals surface area contributed by atoms with Crippen LogP contribution in [0.4, 0.5) is 0 Å². The summed E-state index contributed by atoms with van der Waals surface area (Å²) in [5.41, 5.74) is 0.966. The van der Waals surface area contributed by atoms with E-state index < -0.39 is 0 Å². The predicted octanol–water partition coefficient (Wildman–Crippen LogP) is 3.63. The lowest BCUT2D eigenvalue weighted by atomic mass is 10.2. The van der Waals surface area contributed by atoms with Crippen molar-refractivity contribution in [1.82, 2.24) is 14.9 Å². The molecule has 1 saturated heterocycles. The van der Waals surface area contributed by atoms with Crippen molar-refractivity contribution in [3.05, 3.63) is 21.1 Å². The van der Waals surface area contributed by atoms with Crippen LogP contribution in [-0.4, -0.2) is 40.6 Å². The monoisotopic (exact) mass is 361 g/mol. The molecule has 20 heavy (non-hydrogen) atoms. The van der Waals surface area contributed by atoms with Crippen molar-refractivity contribution in [3.63, 3.8) is 0 Å². The summed E-state index contributed by atoms with van der Waals surface area (Å²) in [6.45, 7) is 9.00. The topological polar surface area (TPSA) is 38.2 Å². The highest BCUT2D eigenvalue weighted by Crippen LogP contribution is 2.28. The first-order valence-electron chi connectivity index (χ1n) is 7.10. The molecule has 0 aromatic carbocycles. The highest BCUT2D eigenvalue weighted by molar-refractivity contribution is 9.10. The summed E-state index contributed by atoms with van der Waals surface area (Å²) in [7, 11) is 0. The summed E-state index contributed by atoms with van der Waals surface area (Å²) in [6, 6.07) is 0.502. The first-order chi connectivity index (χ1) is 9.52. The fourth-order valence-corrected chi connectivity index (χ4v) is 2.89. The van der Waals surface area contributed by atoms with Crippen LogP contribution in [-0.2, 0) is 11.2 Å². The van der Waals surface area contributed by atoms with Gasteiger partial charge in [-0.05, 0) is 36.2 Å². The van der Waals surface area contributed by atoms with Gasteiger partial charge in [-0.1, -0.05) is 24.9 Å². The summed E-state index contributed by atoms with van der Waals surface area (Å²) >= 11 is 9.67. The number of rotatable bonds is 4. The molecule has 6 heteroatoms. The zero-order valence-electron chi connectivity index (χ0n) is 12.2. The third-order valence-electron chi connectivity index (χ3n) is 3.50. The van der Waals surface area contributed by atoms with E-state index in [1.54, 1.807) is 0 Å². The molecule has 1 aromatic heterocycles. The average molecular weight is 363 g/mol. The van der Waals surface area contributed by atoms with Crippen LogP contribution < -0.4 is 0 Å². The maximum absolute atomic E-state index is 6.21. The van der Waals surface area contributed by atoms with Crippen molar-refractivity contribution >= 4 is 27.5 Å². The second-order valence-electron chi connectivity index (χ2n) is 5.33. The second kappa shape index (κ2) is 7.16. The Labute approximate surface area is 134 Å². The number of hydrogen-bond acceptors (Lipinski definition) is 4. The molecule has 2 heterocycles. The molecule has 1 atom stereocenters. The van der Waals surface area contributed by atoms with Crippen LogP contribution in [0, 0.1) is 0 Å². The number of ether oxygens (including phenoxy) is 1. The summed E-state index contributed by atoms with van der Waals surface area (Å²) in [6.07, 6.45) is 1.82. The molecule has 0 saturated carbocycles. The highest BCUT2D eigenvalue weighted by Gasteiger charge is 2.26. The fraction of sp³-hybridized carbons (Fsp3) is 0.714. The number of aromatic nitrogens is 2. The van der Waals surface area contributed by atoms with Gasteiger partial charge in [-0.3, -0.25) is 4.90 Å². The van der Waals surface area contributed by atoms with E-state index in [4.69, 9.17) is 16.3 Å². The Bertz CT molecular complexity index is 470. The van der Waals surface area contributed by atoms with Crippen molar-refractivity contribution in [2.75, 3.05) is 19.7 Å². The number of aryl methyl sites for hydroxylation is 1. The predicted molar refractivity (Wildman–Crippen MR) is 84.1 cm³/mol. The smallest absolute Gasteiger partial charge is 0.160 e. The van der Waals surface area contributed by atoms with Gasteiger partial charge < -0.3 is 4.74 Å². The Morgan fingerprint density at radius 1 is 1.45 bits per heavy atom. The Morgan fingerprint density at radius 2 is 2.20 bits per heavy atom. The standard InChI is InChI=1S/C14H21BrClN3O/c1-4-5-10-12(15)13(16)18-14(17-10)11-8-19(9(2)3)6-7-20-11/h9,11H,4-8H2,1-3H3. The molecule has 1 aromatic rings. The SMILES string of the molecule is CCCc1nc(C2CN(C(C)C)CCO2)nc(Cl)c1Br. The summed E-state index contributed by atoms with van der Waals surface area (Å²) in [5.74, 6) is 0.701. The molecule has 1 fully saturated rings. The van der Waals surface area contributed by atoms with Crippen LogP contribution in [0.15, 0.2) is 4.47 Å². The van der Waals surface area contributed by atoms with Crippen LogP contribution >= 0.6 is 27.5 Å². The first-order valence-corrected chi connectivity index (χ1v) is 8.27. The molecular weight excluding hydrogens is 342 g/mol. The Hall–Kier alpha value is -0.230. The molecule has 1 aliphatic rings. The van der Waals surface area contributed by atoms with Gasteiger partial charge in [0.15, 0.2) is 5.82 Å². The maximum Gasteiger partial charge on any atom is 0.160 e. The highest BCUT2D eigenvalue weighted by atomic mass is 79.9. The van der Waals surface area contributed by atoms with E-state index in [0.29, 0.717) is 23.6 Å². The summed E-state index contributed by atoms with van der Waals surface area (Å²) in [4.78, 5) is 11.4. The third kappa shape index (κ3) is 3.70. The van der Waals surface area contributed by atoms with Crippen molar-refractivity contribution in [3.8, 4) is 0 Å². The van der Waals surface area contributed by atoms with Gasteiger partial charge in [-0.25, -0.2) is 9.97 Å². The molecule has 0 bridgehead atoms. The summed E-state index contributed by atoms with van der Waals surface area (Å²) in [5, 5.41) is 0.476. The molecule has 0 radical (unpaired) electrons. The van der Waals surface area contributed by atoms with E-state index in [1.165, 1.54) is 0 Å². The van der Waals surface area contributed by atoms with E-state index in [2.05, 4.69) is 51.6 Å². The van der Waals surface area contributed by atoms with Crippen LogP contribution in [0.3, 0.4) is 0 Å². The average Bonchev–Trinajstić information content (AvgIpc) is 2.44. The van der Waals surface area contributed by atoms with E-state index in [9.17, 15) is 0 Å². The normalized spacial score (nSPS) is 20.6. The van der Waals surface area contributed by atoms with Crippen LogP contribution in [0.2, 0.25) is 5.15 Å². The Kier molecular flexibility index (Phi) is 5.78. The number of halogens is 2. The largest absolute Gasteiger partial charge is 0.368 e. The minimum atomic E-state index is -0.0904. The molecule has 0 amide bonds. The van der Waals surface area contributed by atoms with Gasteiger partial charge in [0, 0.05) is 19.1 Å². The zero-order chi connectivity index (χ0) is 14.7. The second-order valence-corrected chi connectivity index (χ2v) is 6.48. The van der Waals surface area contributed by atoms with E-state index in [0.717, 1.165) is 36.1 Å². The van der Waals surface area contributed by atoms with Gasteiger partial charge in [0.25, 0.3) is 0 Å². The molecule has 112 valence electrons. The summed E-state index contributed by atoms with van der Waals surface area (Å²) < 4.78 is 6.64. The molecule has 0 aliphatic carbocycles.